The Morgan fingerprint density at radius 1 is 1.53 bits per heavy atom. The normalized spacial score (nSPS) is 12.2. The molecule has 5 heteroatoms. The van der Waals surface area contributed by atoms with Crippen molar-refractivity contribution in [1.82, 2.24) is 9.97 Å². The van der Waals surface area contributed by atoms with Crippen molar-refractivity contribution in [3.63, 3.8) is 0 Å². The first-order chi connectivity index (χ1) is 7.99. The summed E-state index contributed by atoms with van der Waals surface area (Å²) in [4.78, 5) is 19.0. The van der Waals surface area contributed by atoms with E-state index in [0.29, 0.717) is 18.9 Å². The molecule has 0 saturated carbocycles. The quantitative estimate of drug-likeness (QED) is 0.791. The number of carbonyl (C=O) groups is 1. The molecule has 0 radical (unpaired) electrons. The van der Waals surface area contributed by atoms with Gasteiger partial charge in [0.15, 0.2) is 0 Å². The summed E-state index contributed by atoms with van der Waals surface area (Å²) in [6.45, 7) is 6.53. The minimum atomic E-state index is -0.747. The second kappa shape index (κ2) is 6.18. The van der Waals surface area contributed by atoms with Crippen LogP contribution < -0.4 is 5.32 Å². The lowest BCUT2D eigenvalue weighted by atomic mass is 10.1. The van der Waals surface area contributed by atoms with Gasteiger partial charge in [-0.05, 0) is 26.2 Å². The molecule has 2 N–H and O–H groups in total. The van der Waals surface area contributed by atoms with Crippen molar-refractivity contribution in [2.45, 2.75) is 33.6 Å². The van der Waals surface area contributed by atoms with Crippen LogP contribution in [0, 0.1) is 19.8 Å². The summed E-state index contributed by atoms with van der Waals surface area (Å²) in [5.74, 6) is 0.336. The van der Waals surface area contributed by atoms with Gasteiger partial charge in [0.1, 0.15) is 5.82 Å². The Morgan fingerprint density at radius 3 is 2.88 bits per heavy atom. The molecule has 0 spiro atoms. The first-order valence-corrected chi connectivity index (χ1v) is 5.75. The van der Waals surface area contributed by atoms with E-state index in [1.807, 2.05) is 20.8 Å². The maximum atomic E-state index is 10.4. The van der Waals surface area contributed by atoms with Crippen LogP contribution in [0.15, 0.2) is 6.20 Å². The maximum absolute atomic E-state index is 10.4. The van der Waals surface area contributed by atoms with Gasteiger partial charge in [-0.1, -0.05) is 6.92 Å². The van der Waals surface area contributed by atoms with Crippen LogP contribution in [0.1, 0.15) is 31.2 Å². The van der Waals surface area contributed by atoms with Gasteiger partial charge < -0.3 is 10.4 Å². The van der Waals surface area contributed by atoms with Crippen molar-refractivity contribution in [3.05, 3.63) is 17.6 Å². The van der Waals surface area contributed by atoms with Crippen molar-refractivity contribution >= 4 is 11.8 Å². The molecule has 1 rings (SSSR count). The Labute approximate surface area is 101 Å². The fraction of sp³-hybridized carbons (Fsp3) is 0.583. The summed E-state index contributed by atoms with van der Waals surface area (Å²) in [6, 6.07) is 0. The highest BCUT2D eigenvalue weighted by atomic mass is 16.4. The summed E-state index contributed by atoms with van der Waals surface area (Å²) in [5, 5.41) is 11.8. The predicted molar refractivity (Wildman–Crippen MR) is 66.0 cm³/mol. The number of anilines is 1. The van der Waals surface area contributed by atoms with Gasteiger partial charge in [-0.3, -0.25) is 9.78 Å². The van der Waals surface area contributed by atoms with Crippen molar-refractivity contribution in [2.24, 2.45) is 5.92 Å². The van der Waals surface area contributed by atoms with E-state index in [4.69, 9.17) is 5.11 Å². The zero-order chi connectivity index (χ0) is 12.8. The van der Waals surface area contributed by atoms with Crippen LogP contribution in [0.25, 0.3) is 0 Å². The highest BCUT2D eigenvalue weighted by Gasteiger charge is 2.07. The zero-order valence-electron chi connectivity index (χ0n) is 10.5. The number of nitrogens with zero attached hydrogens (tertiary/aromatic N) is 2. The van der Waals surface area contributed by atoms with E-state index < -0.39 is 5.97 Å². The van der Waals surface area contributed by atoms with E-state index in [1.165, 1.54) is 0 Å². The van der Waals surface area contributed by atoms with Gasteiger partial charge in [-0.2, -0.15) is 0 Å². The molecule has 0 aliphatic rings. The maximum Gasteiger partial charge on any atom is 0.303 e. The second-order valence-corrected chi connectivity index (χ2v) is 4.36. The Hall–Kier alpha value is -1.65. The number of carboxylic acids is 1. The van der Waals surface area contributed by atoms with Gasteiger partial charge in [-0.25, -0.2) is 4.98 Å². The van der Waals surface area contributed by atoms with Crippen LogP contribution >= 0.6 is 0 Å². The molecule has 0 bridgehead atoms. The van der Waals surface area contributed by atoms with Crippen LogP contribution in [-0.4, -0.2) is 27.6 Å². The Morgan fingerprint density at radius 2 is 2.24 bits per heavy atom. The summed E-state index contributed by atoms with van der Waals surface area (Å²) in [6.07, 6.45) is 2.61. The van der Waals surface area contributed by atoms with Crippen LogP contribution in [0.2, 0.25) is 0 Å². The largest absolute Gasteiger partial charge is 0.481 e. The van der Waals surface area contributed by atoms with Gasteiger partial charge >= 0.3 is 5.97 Å². The van der Waals surface area contributed by atoms with Crippen LogP contribution in [0.3, 0.4) is 0 Å². The lowest BCUT2D eigenvalue weighted by Crippen LogP contribution is -2.15. The van der Waals surface area contributed by atoms with Crippen LogP contribution in [-0.2, 0) is 4.79 Å². The highest BCUT2D eigenvalue weighted by molar-refractivity contribution is 5.66. The molecule has 5 nitrogen and oxygen atoms in total. The number of hydrogen-bond donors (Lipinski definition) is 2. The number of carboxylic acid groups (broad SMARTS) is 1. The first-order valence-electron chi connectivity index (χ1n) is 5.75. The van der Waals surface area contributed by atoms with Gasteiger partial charge in [0.2, 0.25) is 0 Å². The van der Waals surface area contributed by atoms with Gasteiger partial charge in [-0.15, -0.1) is 0 Å². The lowest BCUT2D eigenvalue weighted by Gasteiger charge is -2.13. The molecule has 0 saturated heterocycles. The number of nitrogens with one attached hydrogen (secondary N) is 1. The molecule has 17 heavy (non-hydrogen) atoms. The Bertz CT molecular complexity index is 393. The average Bonchev–Trinajstić information content (AvgIpc) is 2.27. The van der Waals surface area contributed by atoms with Crippen LogP contribution in [0.4, 0.5) is 5.82 Å². The van der Waals surface area contributed by atoms with Crippen molar-refractivity contribution in [2.75, 3.05) is 11.9 Å². The third-order valence-electron chi connectivity index (χ3n) is 2.54. The minimum Gasteiger partial charge on any atom is -0.481 e. The van der Waals surface area contributed by atoms with Crippen molar-refractivity contribution in [3.8, 4) is 0 Å². The molecule has 0 aliphatic heterocycles. The number of hydrogen-bond acceptors (Lipinski definition) is 4. The third-order valence-corrected chi connectivity index (χ3v) is 2.54. The summed E-state index contributed by atoms with van der Waals surface area (Å²) in [7, 11) is 0. The molecule has 94 valence electrons. The summed E-state index contributed by atoms with van der Waals surface area (Å²) >= 11 is 0. The summed E-state index contributed by atoms with van der Waals surface area (Å²) < 4.78 is 0. The molecule has 1 heterocycles. The number of aromatic nitrogens is 2. The standard InChI is InChI=1S/C12H19N3O2/c1-8(4-5-11(16)17)6-14-12-10(3)13-7-9(2)15-12/h7-8H,4-6H2,1-3H3,(H,14,15)(H,16,17). The molecule has 0 aliphatic carbocycles. The lowest BCUT2D eigenvalue weighted by molar-refractivity contribution is -0.137. The number of rotatable bonds is 6. The fourth-order valence-electron chi connectivity index (χ4n) is 1.45. The van der Waals surface area contributed by atoms with E-state index in [0.717, 1.165) is 17.2 Å². The Balaban J connectivity index is 2.44. The van der Waals surface area contributed by atoms with Gasteiger partial charge in [0, 0.05) is 19.2 Å². The van der Waals surface area contributed by atoms with Gasteiger partial charge in [0.25, 0.3) is 0 Å². The zero-order valence-corrected chi connectivity index (χ0v) is 10.5. The third kappa shape index (κ3) is 4.80. The predicted octanol–water partition coefficient (Wildman–Crippen LogP) is 2.01. The highest BCUT2D eigenvalue weighted by Crippen LogP contribution is 2.11. The number of aliphatic carboxylic acids is 1. The van der Waals surface area contributed by atoms with E-state index >= 15 is 0 Å². The molecule has 1 aromatic heterocycles. The first kappa shape index (κ1) is 13.4. The molecule has 1 aromatic rings. The molecule has 1 atom stereocenters. The second-order valence-electron chi connectivity index (χ2n) is 4.36. The van der Waals surface area contributed by atoms with Gasteiger partial charge in [0.05, 0.1) is 11.4 Å². The van der Waals surface area contributed by atoms with E-state index in [-0.39, 0.29) is 6.42 Å². The van der Waals surface area contributed by atoms with Crippen molar-refractivity contribution < 1.29 is 9.90 Å². The van der Waals surface area contributed by atoms with E-state index in [9.17, 15) is 4.79 Å². The SMILES string of the molecule is Cc1cnc(C)c(NCC(C)CCC(=O)O)n1. The van der Waals surface area contributed by atoms with E-state index in [2.05, 4.69) is 15.3 Å². The molecular formula is C12H19N3O2. The minimum absolute atomic E-state index is 0.210. The fourth-order valence-corrected chi connectivity index (χ4v) is 1.45. The monoisotopic (exact) mass is 237 g/mol. The topological polar surface area (TPSA) is 75.1 Å². The molecule has 1 unspecified atom stereocenters. The molecule has 0 fully saturated rings. The average molecular weight is 237 g/mol. The molecule has 0 aromatic carbocycles. The van der Waals surface area contributed by atoms with E-state index in [1.54, 1.807) is 6.20 Å². The summed E-state index contributed by atoms with van der Waals surface area (Å²) in [5.41, 5.74) is 1.73. The van der Waals surface area contributed by atoms with Crippen molar-refractivity contribution in [1.29, 1.82) is 0 Å². The molecular weight excluding hydrogens is 218 g/mol. The number of aryl methyl sites for hydroxylation is 2. The molecule has 0 amide bonds. The smallest absolute Gasteiger partial charge is 0.303 e. The Kier molecular flexibility index (Phi) is 4.87. The van der Waals surface area contributed by atoms with Crippen LogP contribution in [0.5, 0.6) is 0 Å².